The topological polar surface area (TPSA) is 6.48 Å². The molecule has 7 aliphatic rings. The van der Waals surface area contributed by atoms with Gasteiger partial charge in [-0.25, -0.2) is 0 Å². The van der Waals surface area contributed by atoms with E-state index in [1.807, 2.05) is 0 Å². The van der Waals surface area contributed by atoms with Crippen LogP contribution in [-0.4, -0.2) is 13.3 Å². The molecular weight excluding hydrogens is 659 g/mol. The molecule has 2 nitrogen and oxygen atoms in total. The van der Waals surface area contributed by atoms with E-state index in [1.165, 1.54) is 98.5 Å². The normalized spacial score (nSPS) is 25.1. The molecule has 4 heterocycles. The molecule has 4 saturated carbocycles. The number of fused-ring (bicyclic) bond motifs is 6. The van der Waals surface area contributed by atoms with Gasteiger partial charge in [0.25, 0.3) is 6.71 Å². The maximum atomic E-state index is 2.78. The molecular formula is C49H55BN2S. The van der Waals surface area contributed by atoms with Crippen LogP contribution >= 0.6 is 11.3 Å². The van der Waals surface area contributed by atoms with Gasteiger partial charge >= 0.3 is 0 Å². The molecule has 0 radical (unpaired) electrons. The Kier molecular flexibility index (Phi) is 6.73. The quantitative estimate of drug-likeness (QED) is 0.168. The molecule has 0 N–H and O–H groups in total. The first kappa shape index (κ1) is 32.9. The minimum atomic E-state index is 0.0748. The average molecular weight is 715 g/mol. The monoisotopic (exact) mass is 714 g/mol. The van der Waals surface area contributed by atoms with Gasteiger partial charge in [-0.1, -0.05) is 85.7 Å². The van der Waals surface area contributed by atoms with Crippen molar-refractivity contribution in [3.05, 3.63) is 94.5 Å². The van der Waals surface area contributed by atoms with E-state index < -0.39 is 0 Å². The van der Waals surface area contributed by atoms with Gasteiger partial charge in [0.2, 0.25) is 0 Å². The fraction of sp³-hybridized carbons (Fsp3) is 0.469. The Hall–Kier alpha value is -3.50. The fourth-order valence-electron chi connectivity index (χ4n) is 12.4. The largest absolute Gasteiger partial charge is 0.342 e. The molecule has 5 aromatic rings. The van der Waals surface area contributed by atoms with Crippen molar-refractivity contribution in [1.29, 1.82) is 0 Å². The standard InChI is InChI=1S/C49H55BN2S/c1-28(2)33-20-32-15-16-51-40-23-36(49-25-29-17-30(26-49)19-31(18-29)27-49)24-41-43(40)50(39(21-33)44(32)51)46-45(38-22-35(48(6,7)8)11-14-42(38)53-46)52(41)37-12-9-34(10-13-37)47(3,4)5/h9-14,20-24,28-31H,15-19,25-27H2,1-8H3. The molecule has 4 fully saturated rings. The highest BCUT2D eigenvalue weighted by Gasteiger charge is 2.53. The molecule has 3 aliphatic heterocycles. The van der Waals surface area contributed by atoms with Crippen molar-refractivity contribution in [3.8, 4) is 0 Å². The number of nitrogens with zero attached hydrogens (tertiary/aromatic N) is 2. The van der Waals surface area contributed by atoms with Crippen molar-refractivity contribution in [2.75, 3.05) is 16.3 Å². The molecule has 0 amide bonds. The van der Waals surface area contributed by atoms with Crippen LogP contribution in [0.5, 0.6) is 0 Å². The van der Waals surface area contributed by atoms with Crippen LogP contribution in [0.25, 0.3) is 10.1 Å². The number of anilines is 5. The highest BCUT2D eigenvalue weighted by molar-refractivity contribution is 7.33. The SMILES string of the molecule is CC(C)c1cc2c3c(c1)B1c4sc5ccc(C(C)(C)C)cc5c4N(c4ccc(C(C)(C)C)cc4)c4cc(C56CC7CC(CC(C7)C5)C6)cc(c41)N3CC2. The van der Waals surface area contributed by atoms with Gasteiger partial charge in [-0.05, 0) is 160 Å². The first-order chi connectivity index (χ1) is 25.3. The van der Waals surface area contributed by atoms with Crippen molar-refractivity contribution < 1.29 is 0 Å². The first-order valence-corrected chi connectivity index (χ1v) is 21.7. The summed E-state index contributed by atoms with van der Waals surface area (Å²) in [6.45, 7) is 20.2. The van der Waals surface area contributed by atoms with Crippen molar-refractivity contribution in [1.82, 2.24) is 0 Å². The van der Waals surface area contributed by atoms with Crippen molar-refractivity contribution in [2.24, 2.45) is 17.8 Å². The molecule has 4 aromatic carbocycles. The van der Waals surface area contributed by atoms with Gasteiger partial charge < -0.3 is 9.80 Å². The Balaban J connectivity index is 1.24. The number of hydrogen-bond donors (Lipinski definition) is 0. The Morgan fingerprint density at radius 3 is 2.02 bits per heavy atom. The average Bonchev–Trinajstić information content (AvgIpc) is 3.70. The lowest BCUT2D eigenvalue weighted by Crippen LogP contribution is -2.61. The highest BCUT2D eigenvalue weighted by Crippen LogP contribution is 2.62. The van der Waals surface area contributed by atoms with E-state index >= 15 is 0 Å². The first-order valence-electron chi connectivity index (χ1n) is 20.9. The summed E-state index contributed by atoms with van der Waals surface area (Å²) in [5, 5.41) is 1.42. The zero-order valence-corrected chi connectivity index (χ0v) is 34.0. The van der Waals surface area contributed by atoms with E-state index in [1.54, 1.807) is 22.1 Å². The van der Waals surface area contributed by atoms with Crippen LogP contribution in [0.4, 0.5) is 28.4 Å². The second-order valence-corrected chi connectivity index (χ2v) is 21.7. The third kappa shape index (κ3) is 4.69. The molecule has 4 heteroatoms. The van der Waals surface area contributed by atoms with Crippen LogP contribution in [0.15, 0.2) is 66.7 Å². The summed E-state index contributed by atoms with van der Waals surface area (Å²) in [4.78, 5) is 5.53. The molecule has 4 aliphatic carbocycles. The van der Waals surface area contributed by atoms with Crippen molar-refractivity contribution in [2.45, 2.75) is 122 Å². The van der Waals surface area contributed by atoms with Crippen LogP contribution in [0, 0.1) is 17.8 Å². The Morgan fingerprint density at radius 1 is 0.736 bits per heavy atom. The minimum absolute atomic E-state index is 0.0748. The number of hydrogen-bond acceptors (Lipinski definition) is 3. The fourth-order valence-corrected chi connectivity index (χ4v) is 13.7. The predicted molar refractivity (Wildman–Crippen MR) is 230 cm³/mol. The summed E-state index contributed by atoms with van der Waals surface area (Å²) in [6.07, 6.45) is 9.75. The smallest absolute Gasteiger partial charge is 0.264 e. The molecule has 12 rings (SSSR count). The van der Waals surface area contributed by atoms with Gasteiger partial charge in [-0.3, -0.25) is 0 Å². The molecule has 53 heavy (non-hydrogen) atoms. The van der Waals surface area contributed by atoms with Crippen LogP contribution in [0.2, 0.25) is 0 Å². The molecule has 0 spiro atoms. The van der Waals surface area contributed by atoms with Crippen molar-refractivity contribution >= 4 is 72.3 Å². The van der Waals surface area contributed by atoms with E-state index in [9.17, 15) is 0 Å². The van der Waals surface area contributed by atoms with Gasteiger partial charge in [-0.2, -0.15) is 0 Å². The number of thiophene rings is 1. The third-order valence-electron chi connectivity index (χ3n) is 14.7. The molecule has 0 unspecified atom stereocenters. The second kappa shape index (κ2) is 10.8. The summed E-state index contributed by atoms with van der Waals surface area (Å²) >= 11 is 2.06. The molecule has 1 aromatic heterocycles. The van der Waals surface area contributed by atoms with Crippen LogP contribution < -0.4 is 25.5 Å². The molecule has 4 bridgehead atoms. The van der Waals surface area contributed by atoms with E-state index in [4.69, 9.17) is 0 Å². The van der Waals surface area contributed by atoms with Crippen LogP contribution in [0.1, 0.15) is 128 Å². The maximum absolute atomic E-state index is 2.78. The van der Waals surface area contributed by atoms with Gasteiger partial charge in [0.05, 0.1) is 5.69 Å². The van der Waals surface area contributed by atoms with Crippen molar-refractivity contribution in [3.63, 3.8) is 0 Å². The van der Waals surface area contributed by atoms with E-state index in [2.05, 4.69) is 143 Å². The highest BCUT2D eigenvalue weighted by atomic mass is 32.1. The Bertz CT molecular complexity index is 2310. The lowest BCUT2D eigenvalue weighted by molar-refractivity contribution is -0.00514. The Morgan fingerprint density at radius 2 is 1.38 bits per heavy atom. The summed E-state index contributed by atoms with van der Waals surface area (Å²) < 4.78 is 2.94. The van der Waals surface area contributed by atoms with Crippen LogP contribution in [-0.2, 0) is 22.7 Å². The number of rotatable bonds is 3. The maximum Gasteiger partial charge on any atom is 0.264 e. The molecule has 270 valence electrons. The van der Waals surface area contributed by atoms with Gasteiger partial charge in [0.15, 0.2) is 0 Å². The molecule has 0 atom stereocenters. The summed E-state index contributed by atoms with van der Waals surface area (Å²) in [6, 6.07) is 27.8. The van der Waals surface area contributed by atoms with Crippen LogP contribution in [0.3, 0.4) is 0 Å². The minimum Gasteiger partial charge on any atom is -0.342 e. The third-order valence-corrected chi connectivity index (χ3v) is 16.0. The predicted octanol–water partition coefficient (Wildman–Crippen LogP) is 11.4. The van der Waals surface area contributed by atoms with E-state index in [-0.39, 0.29) is 17.5 Å². The van der Waals surface area contributed by atoms with Gasteiger partial charge in [-0.15, -0.1) is 11.3 Å². The van der Waals surface area contributed by atoms with Gasteiger partial charge in [0, 0.05) is 44.2 Å². The van der Waals surface area contributed by atoms with Gasteiger partial charge in [0.1, 0.15) is 0 Å². The second-order valence-electron chi connectivity index (χ2n) is 20.6. The number of benzene rings is 4. The zero-order valence-electron chi connectivity index (χ0n) is 33.2. The zero-order chi connectivity index (χ0) is 36.3. The summed E-state index contributed by atoms with van der Waals surface area (Å²) in [5.74, 6) is 3.25. The van der Waals surface area contributed by atoms with E-state index in [0.717, 1.165) is 30.7 Å². The van der Waals surface area contributed by atoms with E-state index in [0.29, 0.717) is 11.3 Å². The Labute approximate surface area is 322 Å². The lowest BCUT2D eigenvalue weighted by atomic mass is 9.35. The summed E-state index contributed by atoms with van der Waals surface area (Å²) in [5.41, 5.74) is 18.3. The summed E-state index contributed by atoms with van der Waals surface area (Å²) in [7, 11) is 0. The molecule has 0 saturated heterocycles. The lowest BCUT2D eigenvalue weighted by Gasteiger charge is -2.57.